The van der Waals surface area contributed by atoms with Crippen molar-refractivity contribution in [3.05, 3.63) is 90.1 Å². The Morgan fingerprint density at radius 2 is 1.95 bits per heavy atom. The number of anilines is 1. The molecule has 1 amide bonds. The molecule has 0 saturated heterocycles. The summed E-state index contributed by atoms with van der Waals surface area (Å²) in [5.74, 6) is 0.487. The number of nitrogens with one attached hydrogen (secondary N) is 1. The zero-order valence-electron chi connectivity index (χ0n) is 20.9. The van der Waals surface area contributed by atoms with Crippen molar-refractivity contribution < 1.29 is 13.9 Å². The minimum Gasteiger partial charge on any atom is -0.494 e. The largest absolute Gasteiger partial charge is 0.494 e. The smallest absolute Gasteiger partial charge is 0.259 e. The van der Waals surface area contributed by atoms with E-state index in [4.69, 9.17) is 4.74 Å². The highest BCUT2D eigenvalue weighted by Crippen LogP contribution is 2.26. The molecule has 0 radical (unpaired) electrons. The lowest BCUT2D eigenvalue weighted by Crippen LogP contribution is -2.15. The Balaban J connectivity index is 1.43. The lowest BCUT2D eigenvalue weighted by molar-refractivity contribution is 0.102. The second-order valence-corrected chi connectivity index (χ2v) is 8.89. The van der Waals surface area contributed by atoms with Crippen molar-refractivity contribution in [1.29, 1.82) is 0 Å². The van der Waals surface area contributed by atoms with Crippen LogP contribution in [0.15, 0.2) is 73.2 Å². The first-order valence-corrected chi connectivity index (χ1v) is 12.1. The van der Waals surface area contributed by atoms with Gasteiger partial charge in [-0.2, -0.15) is 0 Å². The molecule has 37 heavy (non-hydrogen) atoms. The van der Waals surface area contributed by atoms with E-state index in [0.717, 1.165) is 16.8 Å². The first kappa shape index (κ1) is 24.2. The molecule has 9 heteroatoms. The van der Waals surface area contributed by atoms with E-state index in [2.05, 4.69) is 20.5 Å². The van der Waals surface area contributed by atoms with Crippen molar-refractivity contribution in [3.63, 3.8) is 0 Å². The van der Waals surface area contributed by atoms with Crippen LogP contribution < -0.4 is 10.1 Å². The number of hydrogen-bond acceptors (Lipinski definition) is 5. The Morgan fingerprint density at radius 1 is 1.11 bits per heavy atom. The Labute approximate surface area is 213 Å². The molecule has 0 aliphatic heterocycles. The second kappa shape index (κ2) is 10.2. The van der Waals surface area contributed by atoms with Gasteiger partial charge in [0.1, 0.15) is 29.4 Å². The van der Waals surface area contributed by atoms with Crippen LogP contribution in [0.4, 0.5) is 10.2 Å². The number of nitrogens with zero attached hydrogens (tertiary/aromatic N) is 5. The number of carbonyl (C=O) groups excluding carboxylic acids is 1. The predicted octanol–water partition coefficient (Wildman–Crippen LogP) is 5.71. The van der Waals surface area contributed by atoms with Crippen molar-refractivity contribution >= 4 is 22.6 Å². The Kier molecular flexibility index (Phi) is 6.68. The van der Waals surface area contributed by atoms with Gasteiger partial charge in [-0.05, 0) is 57.2 Å². The number of fused-ring (bicyclic) bond motifs is 1. The third-order valence-electron chi connectivity index (χ3n) is 6.07. The maximum Gasteiger partial charge on any atom is 0.259 e. The lowest BCUT2D eigenvalue weighted by Gasteiger charge is -2.13. The molecule has 0 saturated carbocycles. The first-order chi connectivity index (χ1) is 17.9. The molecule has 1 N–H and O–H groups in total. The van der Waals surface area contributed by atoms with Crippen LogP contribution in [-0.4, -0.2) is 36.8 Å². The maximum atomic E-state index is 15.0. The molecular formula is C28H27FN6O2. The summed E-state index contributed by atoms with van der Waals surface area (Å²) < 4.78 is 24.6. The summed E-state index contributed by atoms with van der Waals surface area (Å²) in [6.07, 6.45) is 3.52. The Morgan fingerprint density at radius 3 is 2.76 bits per heavy atom. The minimum absolute atomic E-state index is 0.0666. The number of aromatic nitrogens is 5. The highest BCUT2D eigenvalue weighted by Gasteiger charge is 2.18. The van der Waals surface area contributed by atoms with Crippen molar-refractivity contribution in [3.8, 4) is 17.3 Å². The van der Waals surface area contributed by atoms with E-state index in [1.807, 2.05) is 66.4 Å². The normalized spacial score (nSPS) is 11.3. The Bertz CT molecular complexity index is 1570. The van der Waals surface area contributed by atoms with E-state index in [9.17, 15) is 9.18 Å². The molecule has 8 nitrogen and oxygen atoms in total. The monoisotopic (exact) mass is 498 g/mol. The summed E-state index contributed by atoms with van der Waals surface area (Å²) in [5, 5.41) is 11.6. The third kappa shape index (κ3) is 4.93. The molecule has 5 rings (SSSR count). The minimum atomic E-state index is -0.604. The van der Waals surface area contributed by atoms with E-state index in [0.29, 0.717) is 35.9 Å². The zero-order chi connectivity index (χ0) is 25.9. The first-order valence-electron chi connectivity index (χ1n) is 12.1. The van der Waals surface area contributed by atoms with Crippen LogP contribution in [0.5, 0.6) is 5.75 Å². The van der Waals surface area contributed by atoms with Crippen molar-refractivity contribution in [2.24, 2.45) is 0 Å². The molecule has 0 bridgehead atoms. The number of rotatable bonds is 8. The molecule has 0 fully saturated rings. The van der Waals surface area contributed by atoms with Gasteiger partial charge in [-0.1, -0.05) is 24.3 Å². The van der Waals surface area contributed by atoms with E-state index in [1.165, 1.54) is 6.07 Å². The highest BCUT2D eigenvalue weighted by molar-refractivity contribution is 6.06. The summed E-state index contributed by atoms with van der Waals surface area (Å²) >= 11 is 0. The summed E-state index contributed by atoms with van der Waals surface area (Å²) in [6.45, 7) is 7.05. The molecular weight excluding hydrogens is 471 g/mol. The lowest BCUT2D eigenvalue weighted by atomic mass is 10.1. The molecule has 0 aliphatic rings. The van der Waals surface area contributed by atoms with Gasteiger partial charge in [0.15, 0.2) is 5.82 Å². The predicted molar refractivity (Wildman–Crippen MR) is 140 cm³/mol. The summed E-state index contributed by atoms with van der Waals surface area (Å²) in [5.41, 5.74) is 2.22. The van der Waals surface area contributed by atoms with Crippen LogP contribution in [0.3, 0.4) is 0 Å². The molecule has 0 spiro atoms. The van der Waals surface area contributed by atoms with Crippen molar-refractivity contribution in [2.45, 2.75) is 33.4 Å². The van der Waals surface area contributed by atoms with Crippen LogP contribution in [0.2, 0.25) is 0 Å². The SMILES string of the molecule is CCOc1ccccc1Cn1ccc2cc(F)c(C(=O)Nc3cccc(-c4nncn4C(C)C)n3)cc21. The zero-order valence-corrected chi connectivity index (χ0v) is 20.9. The number of halogens is 1. The van der Waals surface area contributed by atoms with Crippen molar-refractivity contribution in [1.82, 2.24) is 24.3 Å². The van der Waals surface area contributed by atoms with Gasteiger partial charge >= 0.3 is 0 Å². The average Bonchev–Trinajstić information content (AvgIpc) is 3.53. The maximum absolute atomic E-state index is 15.0. The van der Waals surface area contributed by atoms with E-state index >= 15 is 0 Å². The van der Waals surface area contributed by atoms with Gasteiger partial charge in [-0.15, -0.1) is 10.2 Å². The number of carbonyl (C=O) groups is 1. The van der Waals surface area contributed by atoms with E-state index in [-0.39, 0.29) is 11.6 Å². The van der Waals surface area contributed by atoms with Gasteiger partial charge in [0.25, 0.3) is 5.91 Å². The summed E-state index contributed by atoms with van der Waals surface area (Å²) in [4.78, 5) is 17.6. The molecule has 3 heterocycles. The number of pyridine rings is 1. The van der Waals surface area contributed by atoms with Crippen LogP contribution in [0.25, 0.3) is 22.4 Å². The number of amides is 1. The van der Waals surface area contributed by atoms with Gasteiger partial charge in [0.05, 0.1) is 18.7 Å². The Hall–Kier alpha value is -4.53. The fourth-order valence-corrected chi connectivity index (χ4v) is 4.25. The fourth-order valence-electron chi connectivity index (χ4n) is 4.25. The average molecular weight is 499 g/mol. The molecule has 188 valence electrons. The van der Waals surface area contributed by atoms with E-state index in [1.54, 1.807) is 30.6 Å². The fraction of sp³-hybridized carbons (Fsp3) is 0.214. The number of ether oxygens (including phenoxy) is 1. The number of hydrogen-bond donors (Lipinski definition) is 1. The quantitative estimate of drug-likeness (QED) is 0.296. The summed E-state index contributed by atoms with van der Waals surface area (Å²) in [6, 6.07) is 17.9. The standard InChI is InChI=1S/C28H27FN6O2/c1-4-37-25-10-6-5-8-20(25)16-34-13-12-19-14-22(29)21(15-24(19)34)28(36)32-26-11-7-9-23(31-26)27-33-30-17-35(27)18(2)3/h5-15,17-18H,4,16H2,1-3H3,(H,31,32,36). The number of benzene rings is 2. The van der Waals surface area contributed by atoms with Crippen LogP contribution in [0, 0.1) is 5.82 Å². The molecule has 0 atom stereocenters. The van der Waals surface area contributed by atoms with Crippen LogP contribution in [0.1, 0.15) is 42.7 Å². The van der Waals surface area contributed by atoms with E-state index < -0.39 is 11.7 Å². The molecule has 0 aliphatic carbocycles. The molecule has 0 unspecified atom stereocenters. The second-order valence-electron chi connectivity index (χ2n) is 8.89. The molecule has 5 aromatic rings. The molecule has 3 aromatic heterocycles. The van der Waals surface area contributed by atoms with Gasteiger partial charge in [0.2, 0.25) is 0 Å². The van der Waals surface area contributed by atoms with Crippen molar-refractivity contribution in [2.75, 3.05) is 11.9 Å². The van der Waals surface area contributed by atoms with Gasteiger partial charge in [-0.3, -0.25) is 4.79 Å². The van der Waals surface area contributed by atoms with Gasteiger partial charge < -0.3 is 19.2 Å². The van der Waals surface area contributed by atoms with Gasteiger partial charge in [-0.25, -0.2) is 9.37 Å². The topological polar surface area (TPSA) is 86.9 Å². The summed E-state index contributed by atoms with van der Waals surface area (Å²) in [7, 11) is 0. The van der Waals surface area contributed by atoms with Crippen LogP contribution in [-0.2, 0) is 6.54 Å². The van der Waals surface area contributed by atoms with Crippen LogP contribution >= 0.6 is 0 Å². The highest BCUT2D eigenvalue weighted by atomic mass is 19.1. The number of para-hydroxylation sites is 1. The third-order valence-corrected chi connectivity index (χ3v) is 6.07. The molecule has 2 aromatic carbocycles. The van der Waals surface area contributed by atoms with Gasteiger partial charge in [0, 0.05) is 28.7 Å².